The minimum Gasteiger partial charge on any atom is -0.341 e. The fraction of sp³-hybridized carbons (Fsp3) is 0.483. The molecule has 3 aliphatic heterocycles. The third kappa shape index (κ3) is 4.94. The van der Waals surface area contributed by atoms with Crippen LogP contribution in [0.25, 0.3) is 0 Å². The van der Waals surface area contributed by atoms with Gasteiger partial charge in [-0.2, -0.15) is 0 Å². The van der Waals surface area contributed by atoms with Crippen LogP contribution in [0.3, 0.4) is 0 Å². The SMILES string of the molecule is CN1CCC(N(C)C(=O)CN2CN(c3ccccc3)C3(CCN(C(=O)c4ccccc4)CC3)C2=O)CC1. The third-order valence-corrected chi connectivity index (χ3v) is 8.44. The van der Waals surface area contributed by atoms with Crippen molar-refractivity contribution in [1.82, 2.24) is 19.6 Å². The maximum atomic E-state index is 14.0. The zero-order valence-corrected chi connectivity index (χ0v) is 21.9. The number of piperidine rings is 2. The molecule has 0 atom stereocenters. The van der Waals surface area contributed by atoms with E-state index >= 15 is 0 Å². The molecule has 0 aliphatic carbocycles. The smallest absolute Gasteiger partial charge is 0.253 e. The summed E-state index contributed by atoms with van der Waals surface area (Å²) < 4.78 is 0. The molecule has 3 aliphatic rings. The van der Waals surface area contributed by atoms with E-state index in [4.69, 9.17) is 0 Å². The van der Waals surface area contributed by atoms with Gasteiger partial charge in [-0.05, 0) is 70.1 Å². The zero-order valence-electron chi connectivity index (χ0n) is 21.9. The lowest BCUT2D eigenvalue weighted by molar-refractivity contribution is -0.141. The van der Waals surface area contributed by atoms with Crippen LogP contribution in [0.1, 0.15) is 36.0 Å². The van der Waals surface area contributed by atoms with E-state index in [0.29, 0.717) is 38.2 Å². The van der Waals surface area contributed by atoms with Crippen LogP contribution in [0.4, 0.5) is 5.69 Å². The van der Waals surface area contributed by atoms with Crippen LogP contribution in [0.2, 0.25) is 0 Å². The maximum Gasteiger partial charge on any atom is 0.253 e. The molecule has 0 radical (unpaired) electrons. The van der Waals surface area contributed by atoms with E-state index in [9.17, 15) is 14.4 Å². The van der Waals surface area contributed by atoms with Gasteiger partial charge in [0, 0.05) is 37.4 Å². The molecule has 0 N–H and O–H groups in total. The number of likely N-dealkylation sites (tertiary alicyclic amines) is 2. The van der Waals surface area contributed by atoms with Crippen LogP contribution in [0, 0.1) is 0 Å². The highest BCUT2D eigenvalue weighted by Crippen LogP contribution is 2.39. The minimum atomic E-state index is -0.749. The highest BCUT2D eigenvalue weighted by Gasteiger charge is 2.54. The fourth-order valence-corrected chi connectivity index (χ4v) is 6.03. The molecule has 37 heavy (non-hydrogen) atoms. The molecule has 0 bridgehead atoms. The van der Waals surface area contributed by atoms with Gasteiger partial charge in [-0.15, -0.1) is 0 Å². The van der Waals surface area contributed by atoms with Crippen molar-refractivity contribution in [3.63, 3.8) is 0 Å². The van der Waals surface area contributed by atoms with Crippen LogP contribution < -0.4 is 4.90 Å². The van der Waals surface area contributed by atoms with E-state index in [1.165, 1.54) is 0 Å². The Balaban J connectivity index is 1.32. The summed E-state index contributed by atoms with van der Waals surface area (Å²) in [6.07, 6.45) is 2.99. The average molecular weight is 504 g/mol. The average Bonchev–Trinajstić information content (AvgIpc) is 3.20. The van der Waals surface area contributed by atoms with Crippen LogP contribution in [-0.4, -0.2) is 102 Å². The molecule has 0 unspecified atom stereocenters. The normalized spacial score (nSPS) is 20.5. The minimum absolute atomic E-state index is 0.000979. The number of anilines is 1. The third-order valence-electron chi connectivity index (χ3n) is 8.44. The number of para-hydroxylation sites is 1. The van der Waals surface area contributed by atoms with Crippen molar-refractivity contribution in [2.75, 3.05) is 58.4 Å². The molecule has 0 aromatic heterocycles. The van der Waals surface area contributed by atoms with Gasteiger partial charge in [-0.3, -0.25) is 14.4 Å². The molecular weight excluding hydrogens is 466 g/mol. The number of rotatable bonds is 5. The lowest BCUT2D eigenvalue weighted by atomic mass is 9.85. The topological polar surface area (TPSA) is 67.4 Å². The van der Waals surface area contributed by atoms with Gasteiger partial charge in [0.05, 0.1) is 6.67 Å². The second-order valence-electron chi connectivity index (χ2n) is 10.6. The first-order valence-corrected chi connectivity index (χ1v) is 13.3. The summed E-state index contributed by atoms with van der Waals surface area (Å²) in [5.74, 6) is -0.0168. The molecule has 3 saturated heterocycles. The Morgan fingerprint density at radius 2 is 1.51 bits per heavy atom. The Morgan fingerprint density at radius 3 is 2.14 bits per heavy atom. The summed E-state index contributed by atoms with van der Waals surface area (Å²) in [5.41, 5.74) is 0.888. The predicted molar refractivity (Wildman–Crippen MR) is 143 cm³/mol. The number of amides is 3. The van der Waals surface area contributed by atoms with E-state index in [0.717, 1.165) is 31.6 Å². The Labute approximate surface area is 219 Å². The van der Waals surface area contributed by atoms with E-state index in [1.807, 2.05) is 77.5 Å². The summed E-state index contributed by atoms with van der Waals surface area (Å²) in [5, 5.41) is 0. The Bertz CT molecular complexity index is 1110. The number of likely N-dealkylation sites (N-methyl/N-ethyl adjacent to an activating group) is 1. The molecule has 196 valence electrons. The molecule has 8 heteroatoms. The summed E-state index contributed by atoms with van der Waals surface area (Å²) in [7, 11) is 3.98. The summed E-state index contributed by atoms with van der Waals surface area (Å²) in [4.78, 5) is 50.2. The van der Waals surface area contributed by atoms with Crippen molar-refractivity contribution in [3.8, 4) is 0 Å². The number of nitrogens with zero attached hydrogens (tertiary/aromatic N) is 5. The van der Waals surface area contributed by atoms with Gasteiger partial charge in [0.15, 0.2) is 0 Å². The van der Waals surface area contributed by atoms with Crippen molar-refractivity contribution in [1.29, 1.82) is 0 Å². The monoisotopic (exact) mass is 503 g/mol. The van der Waals surface area contributed by atoms with Gasteiger partial charge >= 0.3 is 0 Å². The van der Waals surface area contributed by atoms with Gasteiger partial charge < -0.3 is 24.5 Å². The Morgan fingerprint density at radius 1 is 0.919 bits per heavy atom. The standard InChI is InChI=1S/C29H37N5O3/c1-30-17-13-24(14-18-30)31(2)26(35)21-33-22-34(25-11-7-4-8-12-25)29(28(33)37)15-19-32(20-16-29)27(36)23-9-5-3-6-10-23/h3-12,24H,13-22H2,1-2H3. The summed E-state index contributed by atoms with van der Waals surface area (Å²) >= 11 is 0. The number of carbonyl (C=O) groups is 3. The number of benzene rings is 2. The van der Waals surface area contributed by atoms with E-state index in [1.54, 1.807) is 4.90 Å². The molecular formula is C29H37N5O3. The number of hydrogen-bond donors (Lipinski definition) is 0. The predicted octanol–water partition coefficient (Wildman–Crippen LogP) is 2.52. The van der Waals surface area contributed by atoms with Crippen molar-refractivity contribution in [3.05, 3.63) is 66.2 Å². The van der Waals surface area contributed by atoms with Gasteiger partial charge in [-0.25, -0.2) is 0 Å². The van der Waals surface area contributed by atoms with Crippen molar-refractivity contribution in [2.24, 2.45) is 0 Å². The first-order chi connectivity index (χ1) is 17.9. The molecule has 0 saturated carbocycles. The lowest BCUT2D eigenvalue weighted by Gasteiger charge is -2.43. The number of carbonyl (C=O) groups excluding carboxylic acids is 3. The van der Waals surface area contributed by atoms with E-state index < -0.39 is 5.54 Å². The second-order valence-corrected chi connectivity index (χ2v) is 10.6. The molecule has 2 aromatic rings. The van der Waals surface area contributed by atoms with Crippen LogP contribution >= 0.6 is 0 Å². The largest absolute Gasteiger partial charge is 0.341 e. The molecule has 3 fully saturated rings. The second kappa shape index (κ2) is 10.5. The molecule has 2 aromatic carbocycles. The highest BCUT2D eigenvalue weighted by molar-refractivity contribution is 5.97. The molecule has 1 spiro atoms. The molecule has 5 rings (SSSR count). The van der Waals surface area contributed by atoms with Crippen molar-refractivity contribution < 1.29 is 14.4 Å². The quantitative estimate of drug-likeness (QED) is 0.627. The zero-order chi connectivity index (χ0) is 26.0. The highest BCUT2D eigenvalue weighted by atomic mass is 16.2. The van der Waals surface area contributed by atoms with Crippen LogP contribution in [0.5, 0.6) is 0 Å². The first kappa shape index (κ1) is 25.3. The van der Waals surface area contributed by atoms with E-state index in [-0.39, 0.29) is 30.3 Å². The molecule has 3 heterocycles. The summed E-state index contributed by atoms with van der Waals surface area (Å²) in [6.45, 7) is 3.42. The Hall–Kier alpha value is -3.39. The van der Waals surface area contributed by atoms with Crippen molar-refractivity contribution >= 4 is 23.4 Å². The Kier molecular flexibility index (Phi) is 7.20. The summed E-state index contributed by atoms with van der Waals surface area (Å²) in [6, 6.07) is 19.5. The van der Waals surface area contributed by atoms with Crippen molar-refractivity contribution in [2.45, 2.75) is 37.3 Å². The first-order valence-electron chi connectivity index (χ1n) is 13.3. The van der Waals surface area contributed by atoms with Gasteiger partial charge in [-0.1, -0.05) is 36.4 Å². The van der Waals surface area contributed by atoms with Gasteiger partial charge in [0.25, 0.3) is 11.8 Å². The molecule has 3 amide bonds. The lowest BCUT2D eigenvalue weighted by Crippen LogP contribution is -2.57. The van der Waals surface area contributed by atoms with Gasteiger partial charge in [0.2, 0.25) is 5.91 Å². The number of hydrogen-bond acceptors (Lipinski definition) is 5. The van der Waals surface area contributed by atoms with Crippen LogP contribution in [0.15, 0.2) is 60.7 Å². The van der Waals surface area contributed by atoms with Gasteiger partial charge in [0.1, 0.15) is 12.1 Å². The molecule has 8 nitrogen and oxygen atoms in total. The van der Waals surface area contributed by atoms with Crippen LogP contribution in [-0.2, 0) is 9.59 Å². The maximum absolute atomic E-state index is 14.0. The fourth-order valence-electron chi connectivity index (χ4n) is 6.03. The van der Waals surface area contributed by atoms with E-state index in [2.05, 4.69) is 16.8 Å².